The molecule has 140 valence electrons. The molecule has 0 fully saturated rings. The lowest BCUT2D eigenvalue weighted by molar-refractivity contribution is 0.0729. The molecule has 3 heterocycles. The predicted octanol–water partition coefficient (Wildman–Crippen LogP) is 2.17. The number of rotatable bonds is 4. The standard InChI is InChI=1S/C17H17N5O3S2/c1-11-19-20-17(26-11)21-27(24,25)14-5-4-12-6-8-22(10-13(12)9-14)16(23)15-3-2-7-18-15/h2-5,7,9,18H,6,8,10H2,1H3,(H,20,21). The zero-order valence-electron chi connectivity index (χ0n) is 14.5. The van der Waals surface area contributed by atoms with Crippen LogP contribution in [0.15, 0.2) is 41.4 Å². The molecule has 0 spiro atoms. The number of aromatic nitrogens is 3. The highest BCUT2D eigenvalue weighted by Crippen LogP contribution is 2.25. The minimum absolute atomic E-state index is 0.0960. The van der Waals surface area contributed by atoms with Gasteiger partial charge in [0.15, 0.2) is 0 Å². The van der Waals surface area contributed by atoms with Gasteiger partial charge in [0.25, 0.3) is 15.9 Å². The molecule has 2 aromatic heterocycles. The molecule has 4 rings (SSSR count). The number of sulfonamides is 1. The number of amides is 1. The van der Waals surface area contributed by atoms with Gasteiger partial charge >= 0.3 is 0 Å². The van der Waals surface area contributed by atoms with Gasteiger partial charge in [0.05, 0.1) is 4.90 Å². The minimum Gasteiger partial charge on any atom is -0.357 e. The average molecular weight is 403 g/mol. The number of carbonyl (C=O) groups excluding carboxylic acids is 1. The number of anilines is 1. The molecule has 2 N–H and O–H groups in total. The highest BCUT2D eigenvalue weighted by atomic mass is 32.2. The van der Waals surface area contributed by atoms with Gasteiger partial charge in [-0.15, -0.1) is 10.2 Å². The van der Waals surface area contributed by atoms with Crippen LogP contribution < -0.4 is 4.72 Å². The van der Waals surface area contributed by atoms with E-state index in [1.807, 2.05) is 6.07 Å². The second-order valence-corrected chi connectivity index (χ2v) is 9.09. The summed E-state index contributed by atoms with van der Waals surface area (Å²) in [5.74, 6) is -0.0960. The van der Waals surface area contributed by atoms with Crippen molar-refractivity contribution in [3.05, 3.63) is 58.4 Å². The van der Waals surface area contributed by atoms with Crippen LogP contribution in [0.3, 0.4) is 0 Å². The summed E-state index contributed by atoms with van der Waals surface area (Å²) in [6, 6.07) is 8.52. The number of hydrogen-bond donors (Lipinski definition) is 2. The molecule has 1 aliphatic rings. The molecular formula is C17H17N5O3S2. The number of H-pyrrole nitrogens is 1. The Hall–Kier alpha value is -2.72. The van der Waals surface area contributed by atoms with E-state index in [1.165, 1.54) is 11.3 Å². The molecule has 3 aromatic rings. The third kappa shape index (κ3) is 3.58. The lowest BCUT2D eigenvalue weighted by Gasteiger charge is -2.29. The van der Waals surface area contributed by atoms with Gasteiger partial charge in [-0.25, -0.2) is 8.42 Å². The van der Waals surface area contributed by atoms with Crippen molar-refractivity contribution in [2.75, 3.05) is 11.3 Å². The van der Waals surface area contributed by atoms with Crippen LogP contribution in [0.25, 0.3) is 0 Å². The average Bonchev–Trinajstić information content (AvgIpc) is 3.32. The highest BCUT2D eigenvalue weighted by Gasteiger charge is 2.24. The van der Waals surface area contributed by atoms with Crippen molar-refractivity contribution in [3.8, 4) is 0 Å². The van der Waals surface area contributed by atoms with Gasteiger partial charge in [0.1, 0.15) is 10.7 Å². The number of hydrogen-bond acceptors (Lipinski definition) is 6. The lowest BCUT2D eigenvalue weighted by atomic mass is 9.99. The SMILES string of the molecule is Cc1nnc(NS(=O)(=O)c2ccc3c(c2)CN(C(=O)c2ccc[nH]2)CC3)s1. The maximum atomic E-state index is 12.6. The zero-order chi connectivity index (χ0) is 19.0. The van der Waals surface area contributed by atoms with E-state index in [2.05, 4.69) is 19.9 Å². The van der Waals surface area contributed by atoms with E-state index in [1.54, 1.807) is 42.3 Å². The van der Waals surface area contributed by atoms with E-state index < -0.39 is 10.0 Å². The number of benzene rings is 1. The summed E-state index contributed by atoms with van der Waals surface area (Å²) in [7, 11) is -3.77. The first-order valence-corrected chi connectivity index (χ1v) is 10.6. The summed E-state index contributed by atoms with van der Waals surface area (Å²) in [6.45, 7) is 2.72. The number of aryl methyl sites for hydroxylation is 1. The molecule has 10 heteroatoms. The van der Waals surface area contributed by atoms with Crippen molar-refractivity contribution in [2.45, 2.75) is 24.8 Å². The van der Waals surface area contributed by atoms with Crippen LogP contribution in [0, 0.1) is 6.92 Å². The first kappa shape index (κ1) is 17.7. The lowest BCUT2D eigenvalue weighted by Crippen LogP contribution is -2.36. The predicted molar refractivity (Wildman–Crippen MR) is 101 cm³/mol. The topological polar surface area (TPSA) is 108 Å². The van der Waals surface area contributed by atoms with Gasteiger partial charge in [0, 0.05) is 19.3 Å². The largest absolute Gasteiger partial charge is 0.357 e. The third-order valence-corrected chi connectivity index (χ3v) is 6.58. The maximum absolute atomic E-state index is 12.6. The summed E-state index contributed by atoms with van der Waals surface area (Å²) in [6.07, 6.45) is 2.39. The van der Waals surface area contributed by atoms with Gasteiger partial charge in [0.2, 0.25) is 5.13 Å². The summed E-state index contributed by atoms with van der Waals surface area (Å²) in [4.78, 5) is 17.3. The second kappa shape index (κ2) is 6.78. The van der Waals surface area contributed by atoms with E-state index in [0.29, 0.717) is 30.2 Å². The number of fused-ring (bicyclic) bond motifs is 1. The Morgan fingerprint density at radius 1 is 1.26 bits per heavy atom. The zero-order valence-corrected chi connectivity index (χ0v) is 16.1. The van der Waals surface area contributed by atoms with Crippen molar-refractivity contribution in [1.29, 1.82) is 0 Å². The van der Waals surface area contributed by atoms with Crippen molar-refractivity contribution >= 4 is 32.4 Å². The van der Waals surface area contributed by atoms with Crippen molar-refractivity contribution in [3.63, 3.8) is 0 Å². The molecule has 1 amide bonds. The third-order valence-electron chi connectivity index (χ3n) is 4.36. The van der Waals surface area contributed by atoms with Crippen LogP contribution >= 0.6 is 11.3 Å². The van der Waals surface area contributed by atoms with Crippen LogP contribution in [-0.2, 0) is 23.0 Å². The van der Waals surface area contributed by atoms with E-state index in [4.69, 9.17) is 0 Å². The smallest absolute Gasteiger partial charge is 0.270 e. The Labute approximate surface area is 160 Å². The minimum atomic E-state index is -3.77. The van der Waals surface area contributed by atoms with Crippen molar-refractivity contribution in [1.82, 2.24) is 20.1 Å². The van der Waals surface area contributed by atoms with Gasteiger partial charge < -0.3 is 9.88 Å². The van der Waals surface area contributed by atoms with Crippen molar-refractivity contribution in [2.24, 2.45) is 0 Å². The monoisotopic (exact) mass is 403 g/mol. The molecule has 0 aliphatic carbocycles. The Morgan fingerprint density at radius 3 is 2.81 bits per heavy atom. The fraction of sp³-hybridized carbons (Fsp3) is 0.235. The molecule has 0 saturated heterocycles. The molecule has 0 radical (unpaired) electrons. The van der Waals surface area contributed by atoms with Crippen LogP contribution in [0.1, 0.15) is 26.6 Å². The summed E-state index contributed by atoms with van der Waals surface area (Å²) >= 11 is 1.17. The van der Waals surface area contributed by atoms with Crippen LogP contribution in [0.4, 0.5) is 5.13 Å². The number of carbonyl (C=O) groups is 1. The molecule has 8 nitrogen and oxygen atoms in total. The molecule has 1 aromatic carbocycles. The fourth-order valence-corrected chi connectivity index (χ4v) is 4.89. The Kier molecular flexibility index (Phi) is 4.44. The van der Waals surface area contributed by atoms with Crippen LogP contribution in [0.2, 0.25) is 0 Å². The first-order valence-electron chi connectivity index (χ1n) is 8.30. The van der Waals surface area contributed by atoms with Gasteiger partial charge in [-0.05, 0) is 48.7 Å². The Morgan fingerprint density at radius 2 is 2.11 bits per heavy atom. The number of nitrogens with zero attached hydrogens (tertiary/aromatic N) is 3. The number of nitrogens with one attached hydrogen (secondary N) is 2. The first-order chi connectivity index (χ1) is 12.9. The summed E-state index contributed by atoms with van der Waals surface area (Å²) in [5.41, 5.74) is 2.41. The molecule has 27 heavy (non-hydrogen) atoms. The van der Waals surface area contributed by atoms with E-state index in [-0.39, 0.29) is 15.9 Å². The quantitative estimate of drug-likeness (QED) is 0.694. The van der Waals surface area contributed by atoms with E-state index >= 15 is 0 Å². The fourth-order valence-electron chi connectivity index (χ4n) is 3.02. The molecule has 0 atom stereocenters. The highest BCUT2D eigenvalue weighted by molar-refractivity contribution is 7.93. The van der Waals surface area contributed by atoms with Crippen molar-refractivity contribution < 1.29 is 13.2 Å². The second-order valence-electron chi connectivity index (χ2n) is 6.22. The van der Waals surface area contributed by atoms with Gasteiger partial charge in [-0.3, -0.25) is 9.52 Å². The van der Waals surface area contributed by atoms with Crippen LogP contribution in [0.5, 0.6) is 0 Å². The number of aromatic amines is 1. The van der Waals surface area contributed by atoms with Crippen LogP contribution in [-0.4, -0.2) is 41.0 Å². The Bertz CT molecular complexity index is 1090. The van der Waals surface area contributed by atoms with E-state index in [0.717, 1.165) is 11.1 Å². The van der Waals surface area contributed by atoms with Gasteiger partial charge in [-0.2, -0.15) is 0 Å². The molecule has 0 bridgehead atoms. The van der Waals surface area contributed by atoms with Gasteiger partial charge in [-0.1, -0.05) is 17.4 Å². The summed E-state index contributed by atoms with van der Waals surface area (Å²) < 4.78 is 27.7. The normalized spacial score (nSPS) is 14.0. The molecule has 1 aliphatic heterocycles. The Balaban J connectivity index is 1.58. The molecular weight excluding hydrogens is 386 g/mol. The maximum Gasteiger partial charge on any atom is 0.270 e. The molecule has 0 saturated carbocycles. The van der Waals surface area contributed by atoms with E-state index in [9.17, 15) is 13.2 Å². The summed E-state index contributed by atoms with van der Waals surface area (Å²) in [5, 5.41) is 8.52. The molecule has 0 unspecified atom stereocenters.